The summed E-state index contributed by atoms with van der Waals surface area (Å²) in [4.78, 5) is 26.5. The van der Waals surface area contributed by atoms with Gasteiger partial charge in [0.25, 0.3) is 0 Å². The Morgan fingerprint density at radius 1 is 1.18 bits per heavy atom. The molecule has 0 radical (unpaired) electrons. The SMILES string of the molecule is NCC(C(=O)ON)C(=O)OCc1ccccc1. The minimum atomic E-state index is -1.18. The predicted octanol–water partition coefficient (Wildman–Crippen LogP) is -0.278. The third kappa shape index (κ3) is 3.86. The lowest BCUT2D eigenvalue weighted by atomic mass is 10.1. The number of rotatable bonds is 5. The number of benzene rings is 1. The summed E-state index contributed by atoms with van der Waals surface area (Å²) in [6.45, 7) is -0.127. The van der Waals surface area contributed by atoms with E-state index in [1.54, 1.807) is 12.1 Å². The molecule has 6 nitrogen and oxygen atoms in total. The first-order valence-corrected chi connectivity index (χ1v) is 5.00. The molecule has 1 atom stereocenters. The van der Waals surface area contributed by atoms with Gasteiger partial charge in [-0.15, -0.1) is 0 Å². The summed E-state index contributed by atoms with van der Waals surface area (Å²) in [7, 11) is 0. The average Bonchev–Trinajstić information content (AvgIpc) is 2.38. The molecule has 0 aliphatic heterocycles. The van der Waals surface area contributed by atoms with Crippen molar-refractivity contribution < 1.29 is 19.2 Å². The van der Waals surface area contributed by atoms with Crippen molar-refractivity contribution in [3.8, 4) is 0 Å². The van der Waals surface area contributed by atoms with Gasteiger partial charge in [-0.05, 0) is 5.56 Å². The minimum Gasteiger partial charge on any atom is -0.460 e. The maximum Gasteiger partial charge on any atom is 0.340 e. The van der Waals surface area contributed by atoms with Gasteiger partial charge in [0.2, 0.25) is 0 Å². The number of esters is 1. The molecule has 1 aromatic rings. The zero-order chi connectivity index (χ0) is 12.7. The van der Waals surface area contributed by atoms with Crippen LogP contribution in [0.1, 0.15) is 5.56 Å². The molecule has 0 heterocycles. The minimum absolute atomic E-state index is 0.0774. The Balaban J connectivity index is 2.51. The smallest absolute Gasteiger partial charge is 0.340 e. The quantitative estimate of drug-likeness (QED) is 0.415. The normalized spacial score (nSPS) is 11.6. The van der Waals surface area contributed by atoms with E-state index in [0.29, 0.717) is 0 Å². The Bertz CT molecular complexity index is 380. The van der Waals surface area contributed by atoms with Crippen molar-refractivity contribution in [3.05, 3.63) is 35.9 Å². The van der Waals surface area contributed by atoms with Crippen LogP contribution in [0.5, 0.6) is 0 Å². The molecule has 17 heavy (non-hydrogen) atoms. The van der Waals surface area contributed by atoms with Crippen LogP contribution in [-0.2, 0) is 25.8 Å². The molecule has 92 valence electrons. The summed E-state index contributed by atoms with van der Waals surface area (Å²) in [6, 6.07) is 9.08. The lowest BCUT2D eigenvalue weighted by molar-refractivity contribution is -0.162. The second-order valence-corrected chi connectivity index (χ2v) is 3.32. The monoisotopic (exact) mass is 238 g/mol. The van der Waals surface area contributed by atoms with Crippen molar-refractivity contribution in [1.29, 1.82) is 0 Å². The Kier molecular flexibility index (Phi) is 5.12. The van der Waals surface area contributed by atoms with Crippen LogP contribution in [0.2, 0.25) is 0 Å². The summed E-state index contributed by atoms with van der Waals surface area (Å²) in [5.41, 5.74) is 6.08. The molecule has 0 saturated heterocycles. The highest BCUT2D eigenvalue weighted by Gasteiger charge is 2.28. The van der Waals surface area contributed by atoms with Crippen molar-refractivity contribution in [1.82, 2.24) is 0 Å². The summed E-state index contributed by atoms with van der Waals surface area (Å²) >= 11 is 0. The van der Waals surface area contributed by atoms with Crippen LogP contribution in [0.25, 0.3) is 0 Å². The molecule has 0 spiro atoms. The van der Waals surface area contributed by atoms with Gasteiger partial charge < -0.3 is 15.3 Å². The van der Waals surface area contributed by atoms with Crippen LogP contribution in [0.15, 0.2) is 30.3 Å². The largest absolute Gasteiger partial charge is 0.460 e. The average molecular weight is 238 g/mol. The first-order chi connectivity index (χ1) is 8.19. The summed E-state index contributed by atoms with van der Waals surface area (Å²) in [5, 5.41) is 0. The molecule has 0 aromatic heterocycles. The van der Waals surface area contributed by atoms with E-state index in [-0.39, 0.29) is 13.2 Å². The highest BCUT2D eigenvalue weighted by atomic mass is 16.7. The predicted molar refractivity (Wildman–Crippen MR) is 59.1 cm³/mol. The van der Waals surface area contributed by atoms with Gasteiger partial charge in [0, 0.05) is 6.54 Å². The van der Waals surface area contributed by atoms with Gasteiger partial charge in [-0.1, -0.05) is 30.3 Å². The zero-order valence-electron chi connectivity index (χ0n) is 9.17. The number of carbonyl (C=O) groups excluding carboxylic acids is 2. The van der Waals surface area contributed by atoms with Crippen molar-refractivity contribution in [2.45, 2.75) is 6.61 Å². The highest BCUT2D eigenvalue weighted by molar-refractivity contribution is 5.95. The number of ether oxygens (including phenoxy) is 1. The summed E-state index contributed by atoms with van der Waals surface area (Å²) < 4.78 is 4.93. The highest BCUT2D eigenvalue weighted by Crippen LogP contribution is 2.05. The first-order valence-electron chi connectivity index (χ1n) is 5.00. The van der Waals surface area contributed by atoms with E-state index < -0.39 is 17.9 Å². The Labute approximate surface area is 98.4 Å². The maximum absolute atomic E-state index is 11.5. The molecule has 0 saturated carbocycles. The number of carbonyl (C=O) groups is 2. The second-order valence-electron chi connectivity index (χ2n) is 3.32. The van der Waals surface area contributed by atoms with Gasteiger partial charge in [-0.25, -0.2) is 4.79 Å². The molecule has 1 aromatic carbocycles. The molecule has 4 N–H and O–H groups in total. The molecule has 0 amide bonds. The standard InChI is InChI=1S/C11H14N2O4/c12-6-9(11(15)17-13)10(14)16-7-8-4-2-1-3-5-8/h1-5,9H,6-7,12-13H2. The zero-order valence-corrected chi connectivity index (χ0v) is 9.17. The molecular weight excluding hydrogens is 224 g/mol. The fourth-order valence-electron chi connectivity index (χ4n) is 1.20. The maximum atomic E-state index is 11.5. The van der Waals surface area contributed by atoms with Gasteiger partial charge in [0.15, 0.2) is 5.92 Å². The molecule has 0 aliphatic rings. The number of hydrogen-bond acceptors (Lipinski definition) is 6. The van der Waals surface area contributed by atoms with Crippen LogP contribution in [0.3, 0.4) is 0 Å². The van der Waals surface area contributed by atoms with E-state index >= 15 is 0 Å². The summed E-state index contributed by atoms with van der Waals surface area (Å²) in [6.07, 6.45) is 0. The van der Waals surface area contributed by atoms with Gasteiger partial charge in [0.05, 0.1) is 0 Å². The Hall–Kier alpha value is -1.92. The summed E-state index contributed by atoms with van der Waals surface area (Å²) in [5.74, 6) is 1.86. The van der Waals surface area contributed by atoms with E-state index in [4.69, 9.17) is 10.5 Å². The number of nitrogens with two attached hydrogens (primary N) is 2. The molecule has 6 heteroatoms. The van der Waals surface area contributed by atoms with Crippen LogP contribution in [0, 0.1) is 5.92 Å². The topological polar surface area (TPSA) is 105 Å². The lowest BCUT2D eigenvalue weighted by Gasteiger charge is -2.11. The van der Waals surface area contributed by atoms with Gasteiger partial charge in [-0.2, -0.15) is 5.90 Å². The van der Waals surface area contributed by atoms with Gasteiger partial charge in [-0.3, -0.25) is 4.79 Å². The first kappa shape index (κ1) is 13.1. The Morgan fingerprint density at radius 3 is 2.35 bits per heavy atom. The van der Waals surface area contributed by atoms with Crippen molar-refractivity contribution in [2.24, 2.45) is 17.5 Å². The molecule has 0 aliphatic carbocycles. The van der Waals surface area contributed by atoms with E-state index in [9.17, 15) is 9.59 Å². The van der Waals surface area contributed by atoms with Crippen LogP contribution >= 0.6 is 0 Å². The van der Waals surface area contributed by atoms with E-state index in [2.05, 4.69) is 10.7 Å². The van der Waals surface area contributed by atoms with Gasteiger partial charge >= 0.3 is 11.9 Å². The molecule has 1 rings (SSSR count). The lowest BCUT2D eigenvalue weighted by Crippen LogP contribution is -2.35. The van der Waals surface area contributed by atoms with Gasteiger partial charge in [0.1, 0.15) is 6.61 Å². The third-order valence-corrected chi connectivity index (χ3v) is 2.14. The van der Waals surface area contributed by atoms with E-state index in [1.165, 1.54) is 0 Å². The molecule has 0 fully saturated rings. The molecule has 0 bridgehead atoms. The third-order valence-electron chi connectivity index (χ3n) is 2.14. The van der Waals surface area contributed by atoms with Crippen LogP contribution < -0.4 is 11.6 Å². The molecule has 1 unspecified atom stereocenters. The van der Waals surface area contributed by atoms with E-state index in [1.807, 2.05) is 18.2 Å². The molecular formula is C11H14N2O4. The van der Waals surface area contributed by atoms with Crippen LogP contribution in [0.4, 0.5) is 0 Å². The van der Waals surface area contributed by atoms with Crippen molar-refractivity contribution >= 4 is 11.9 Å². The number of hydrogen-bond donors (Lipinski definition) is 2. The second kappa shape index (κ2) is 6.62. The van der Waals surface area contributed by atoms with Crippen molar-refractivity contribution in [2.75, 3.05) is 6.54 Å². The van der Waals surface area contributed by atoms with Crippen molar-refractivity contribution in [3.63, 3.8) is 0 Å². The fraction of sp³-hybridized carbons (Fsp3) is 0.273. The van der Waals surface area contributed by atoms with E-state index in [0.717, 1.165) is 5.56 Å². The fourth-order valence-corrected chi connectivity index (χ4v) is 1.20. The van der Waals surface area contributed by atoms with Crippen LogP contribution in [-0.4, -0.2) is 18.5 Å². The Morgan fingerprint density at radius 2 is 1.82 bits per heavy atom.